The first kappa shape index (κ1) is 53.9. The normalized spacial score (nSPS) is 24.3. The van der Waals surface area contributed by atoms with Gasteiger partial charge in [-0.1, -0.05) is 132 Å². The molecule has 2 aromatic carbocycles. The second kappa shape index (κ2) is 29.0. The van der Waals surface area contributed by atoms with Gasteiger partial charge in [0.2, 0.25) is 12.1 Å². The predicted molar refractivity (Wildman–Crippen MR) is 269 cm³/mol. The lowest BCUT2D eigenvalue weighted by molar-refractivity contribution is -0.255. The lowest BCUT2D eigenvalue weighted by Crippen LogP contribution is -2.70. The van der Waals surface area contributed by atoms with Crippen molar-refractivity contribution in [2.24, 2.45) is 22.9 Å². The molecule has 2 aromatic rings. The van der Waals surface area contributed by atoms with Gasteiger partial charge < -0.3 is 44.1 Å². The standard InChI is InChI=1S/C56H83N3O10/c1-4-7-8-9-10-11-12-13-14-23-37-65-55(63)59(32-5-2)50-40-48(58-69-51-29-20-24-36-64-51)46-38-43(27-18-21-33-60)45(28-19-22-34-61)52-47-39-44(67-54(62)57-41-42-25-16-15-17-26-42)30-31-49(47)68-56(50,53(46)52)66-35-6-3/h6,15-17,25-26,30-31,38-39,43,45,50-53,60-61H,3-5,7-14,18-24,27-29,32-37,40-41H2,1-2H3,(H,57,62). The second-order valence-corrected chi connectivity index (χ2v) is 19.4. The molecule has 2 aliphatic carbocycles. The van der Waals surface area contributed by atoms with Crippen LogP contribution in [0.1, 0.15) is 166 Å². The minimum Gasteiger partial charge on any atom is -0.459 e. The SMILES string of the molecule is C=CCOC12Oc3ccc(OC(=O)NCc4ccccc4)cc3C3C(CCCCO)C(CCCCO)C=C(C(=NOC4CCCCO4)CC1N(CCC)C(=O)OCCCCCCCCCCCC)C32. The van der Waals surface area contributed by atoms with Gasteiger partial charge in [0, 0.05) is 50.6 Å². The highest BCUT2D eigenvalue weighted by Crippen LogP contribution is 2.62. The minimum absolute atomic E-state index is 0.00557. The van der Waals surface area contributed by atoms with E-state index in [-0.39, 0.29) is 44.0 Å². The zero-order valence-corrected chi connectivity index (χ0v) is 41.8. The number of aliphatic hydroxyl groups is 2. The van der Waals surface area contributed by atoms with Crippen molar-refractivity contribution in [3.63, 3.8) is 0 Å². The zero-order chi connectivity index (χ0) is 48.7. The van der Waals surface area contributed by atoms with E-state index in [0.717, 1.165) is 80.9 Å². The van der Waals surface area contributed by atoms with E-state index in [1.807, 2.05) is 42.5 Å². The molecule has 1 saturated carbocycles. The molecule has 1 saturated heterocycles. The summed E-state index contributed by atoms with van der Waals surface area (Å²) in [5, 5.41) is 27.9. The maximum atomic E-state index is 14.7. The number of benzene rings is 2. The number of allylic oxidation sites excluding steroid dienone is 1. The molecule has 0 aromatic heterocycles. The summed E-state index contributed by atoms with van der Waals surface area (Å²) in [6.45, 7) is 10.3. The van der Waals surface area contributed by atoms with Crippen LogP contribution in [-0.2, 0) is 25.6 Å². The molecule has 2 fully saturated rings. The van der Waals surface area contributed by atoms with Gasteiger partial charge in [0.1, 0.15) is 17.5 Å². The van der Waals surface area contributed by atoms with Gasteiger partial charge in [0.05, 0.1) is 31.5 Å². The number of amides is 2. The molecule has 7 unspecified atom stereocenters. The number of carbonyl (C=O) groups excluding carboxylic acids is 2. The van der Waals surface area contributed by atoms with Gasteiger partial charge in [0.15, 0.2) is 0 Å². The lowest BCUT2D eigenvalue weighted by atomic mass is 9.55. The van der Waals surface area contributed by atoms with E-state index in [2.05, 4.69) is 31.8 Å². The van der Waals surface area contributed by atoms with E-state index in [9.17, 15) is 19.8 Å². The van der Waals surface area contributed by atoms with Crippen molar-refractivity contribution in [3.8, 4) is 11.5 Å². The number of unbranched alkanes of at least 4 members (excludes halogenated alkanes) is 11. The van der Waals surface area contributed by atoms with Crippen LogP contribution in [0.3, 0.4) is 0 Å². The number of ether oxygens (including phenoxy) is 5. The van der Waals surface area contributed by atoms with E-state index in [4.69, 9.17) is 33.7 Å². The number of nitrogens with zero attached hydrogens (tertiary/aromatic N) is 2. The smallest absolute Gasteiger partial charge is 0.412 e. The van der Waals surface area contributed by atoms with Gasteiger partial charge in [-0.05, 0) is 92.5 Å². The highest BCUT2D eigenvalue weighted by atomic mass is 16.8. The molecule has 2 aliphatic heterocycles. The molecule has 2 heterocycles. The molecule has 7 atom stereocenters. The summed E-state index contributed by atoms with van der Waals surface area (Å²) in [7, 11) is 0. The highest BCUT2D eigenvalue weighted by Gasteiger charge is 2.65. The molecule has 6 rings (SSSR count). The average molecular weight is 958 g/mol. The molecule has 13 heteroatoms. The second-order valence-electron chi connectivity index (χ2n) is 19.4. The third-order valence-electron chi connectivity index (χ3n) is 14.4. The van der Waals surface area contributed by atoms with Crippen LogP contribution >= 0.6 is 0 Å². The maximum Gasteiger partial charge on any atom is 0.412 e. The van der Waals surface area contributed by atoms with Gasteiger partial charge in [-0.2, -0.15) is 0 Å². The summed E-state index contributed by atoms with van der Waals surface area (Å²) in [4.78, 5) is 36.1. The Balaban J connectivity index is 1.39. The van der Waals surface area contributed by atoms with Gasteiger partial charge in [0.25, 0.3) is 0 Å². The van der Waals surface area contributed by atoms with Crippen LogP contribution in [-0.4, -0.2) is 90.7 Å². The fourth-order valence-electron chi connectivity index (χ4n) is 11.0. The molecule has 0 bridgehead atoms. The zero-order valence-electron chi connectivity index (χ0n) is 41.8. The van der Waals surface area contributed by atoms with E-state index < -0.39 is 36.2 Å². The van der Waals surface area contributed by atoms with E-state index in [1.54, 1.807) is 17.0 Å². The topological polar surface area (TPSA) is 158 Å². The monoisotopic (exact) mass is 958 g/mol. The number of fused-ring (bicyclic) bond motifs is 2. The van der Waals surface area contributed by atoms with Crippen LogP contribution in [0.4, 0.5) is 9.59 Å². The summed E-state index contributed by atoms with van der Waals surface area (Å²) in [5.41, 5.74) is 3.44. The van der Waals surface area contributed by atoms with Crippen molar-refractivity contribution in [1.29, 1.82) is 0 Å². The quantitative estimate of drug-likeness (QED) is 0.0391. The lowest BCUT2D eigenvalue weighted by Gasteiger charge is -2.59. The van der Waals surface area contributed by atoms with Crippen LogP contribution in [0.15, 0.2) is 78.0 Å². The molecule has 2 amide bonds. The summed E-state index contributed by atoms with van der Waals surface area (Å²) >= 11 is 0. The number of oxime groups is 1. The highest BCUT2D eigenvalue weighted by molar-refractivity contribution is 6.03. The maximum absolute atomic E-state index is 14.7. The van der Waals surface area contributed by atoms with E-state index in [0.29, 0.717) is 62.8 Å². The van der Waals surface area contributed by atoms with Crippen molar-refractivity contribution in [1.82, 2.24) is 10.2 Å². The Morgan fingerprint density at radius 3 is 2.33 bits per heavy atom. The summed E-state index contributed by atoms with van der Waals surface area (Å²) in [6, 6.07) is 14.5. The molecule has 0 radical (unpaired) electrons. The summed E-state index contributed by atoms with van der Waals surface area (Å²) in [6.07, 6.45) is 22.4. The molecule has 13 nitrogen and oxygen atoms in total. The Kier molecular flexibility index (Phi) is 22.7. The van der Waals surface area contributed by atoms with Gasteiger partial charge in [-0.25, -0.2) is 9.59 Å². The van der Waals surface area contributed by atoms with E-state index in [1.165, 1.54) is 44.9 Å². The Hall–Kier alpha value is -4.43. The number of aliphatic hydroxyl groups excluding tert-OH is 2. The van der Waals surface area contributed by atoms with Gasteiger partial charge in [-0.15, -0.1) is 6.58 Å². The Morgan fingerprint density at radius 1 is 0.899 bits per heavy atom. The third kappa shape index (κ3) is 15.0. The Bertz CT molecular complexity index is 1920. The molecule has 382 valence electrons. The van der Waals surface area contributed by atoms with Crippen LogP contribution in [0.2, 0.25) is 0 Å². The molecular weight excluding hydrogens is 875 g/mol. The fourth-order valence-corrected chi connectivity index (χ4v) is 11.0. The first-order valence-electron chi connectivity index (χ1n) is 26.7. The third-order valence-corrected chi connectivity index (χ3v) is 14.4. The largest absolute Gasteiger partial charge is 0.459 e. The molecule has 0 spiro atoms. The van der Waals surface area contributed by atoms with Gasteiger partial charge >= 0.3 is 12.2 Å². The number of carbonyl (C=O) groups is 2. The Morgan fingerprint density at radius 2 is 1.64 bits per heavy atom. The van der Waals surface area contributed by atoms with Crippen molar-refractivity contribution < 1.29 is 48.3 Å². The van der Waals surface area contributed by atoms with Gasteiger partial charge in [-0.3, -0.25) is 4.90 Å². The van der Waals surface area contributed by atoms with Crippen LogP contribution in [0.25, 0.3) is 0 Å². The Labute approximate surface area is 412 Å². The molecule has 69 heavy (non-hydrogen) atoms. The van der Waals surface area contributed by atoms with Crippen LogP contribution in [0, 0.1) is 17.8 Å². The van der Waals surface area contributed by atoms with Crippen molar-refractivity contribution in [3.05, 3.63) is 84.0 Å². The number of hydrogen-bond donors (Lipinski definition) is 3. The molecule has 4 aliphatic rings. The minimum atomic E-state index is -1.43. The molecule has 3 N–H and O–H groups in total. The molecular formula is C56H83N3O10. The first-order valence-corrected chi connectivity index (χ1v) is 26.7. The van der Waals surface area contributed by atoms with E-state index >= 15 is 0 Å². The first-order chi connectivity index (χ1) is 33.9. The summed E-state index contributed by atoms with van der Waals surface area (Å²) < 4.78 is 32.7. The van der Waals surface area contributed by atoms with Crippen molar-refractivity contribution >= 4 is 17.9 Å². The van der Waals surface area contributed by atoms with Crippen LogP contribution < -0.4 is 14.8 Å². The number of rotatable bonds is 30. The predicted octanol–water partition coefficient (Wildman–Crippen LogP) is 11.9. The summed E-state index contributed by atoms with van der Waals surface area (Å²) in [5.74, 6) is -1.23. The number of hydrogen-bond acceptors (Lipinski definition) is 11. The number of nitrogens with one attached hydrogen (secondary N) is 1. The fraction of sp³-hybridized carbons (Fsp3) is 0.661. The van der Waals surface area contributed by atoms with Crippen molar-refractivity contribution in [2.75, 3.05) is 39.6 Å². The van der Waals surface area contributed by atoms with Crippen molar-refractivity contribution in [2.45, 2.75) is 179 Å². The average Bonchev–Trinajstić information content (AvgIpc) is 3.37. The van der Waals surface area contributed by atoms with Crippen LogP contribution in [0.5, 0.6) is 11.5 Å².